The van der Waals surface area contributed by atoms with E-state index in [4.69, 9.17) is 26.6 Å². The van der Waals surface area contributed by atoms with E-state index >= 15 is 0 Å². The number of halogens is 1. The number of nitriles is 1. The Bertz CT molecular complexity index is 2720. The fraction of sp³-hybridized carbons (Fsp3) is 0.239. The van der Waals surface area contributed by atoms with Crippen LogP contribution in [0.25, 0.3) is 45.0 Å². The molecule has 294 valence electrons. The Hall–Kier alpha value is -6.84. The summed E-state index contributed by atoms with van der Waals surface area (Å²) in [5.74, 6) is 0.572. The van der Waals surface area contributed by atoms with Gasteiger partial charge in [0.1, 0.15) is 29.5 Å². The summed E-state index contributed by atoms with van der Waals surface area (Å²) in [4.78, 5) is 61.2. The van der Waals surface area contributed by atoms with Gasteiger partial charge in [-0.3, -0.25) is 29.4 Å². The normalized spacial score (nSPS) is 19.1. The van der Waals surface area contributed by atoms with Gasteiger partial charge in [0.05, 0.1) is 51.6 Å². The van der Waals surface area contributed by atoms with Gasteiger partial charge in [-0.05, 0) is 78.6 Å². The number of piperidine rings is 1. The van der Waals surface area contributed by atoms with Gasteiger partial charge in [0.25, 0.3) is 11.8 Å². The molecule has 0 radical (unpaired) electrons. The molecule has 1 atom stereocenters. The van der Waals surface area contributed by atoms with E-state index in [2.05, 4.69) is 76.5 Å². The van der Waals surface area contributed by atoms with E-state index in [0.29, 0.717) is 33.6 Å². The average Bonchev–Trinajstić information content (AvgIpc) is 3.90. The van der Waals surface area contributed by atoms with Gasteiger partial charge in [-0.2, -0.15) is 5.26 Å². The molecule has 2 aliphatic heterocycles. The van der Waals surface area contributed by atoms with Crippen molar-refractivity contribution < 1.29 is 23.9 Å². The van der Waals surface area contributed by atoms with E-state index in [-0.39, 0.29) is 30.1 Å². The van der Waals surface area contributed by atoms with Crippen LogP contribution in [-0.2, 0) is 23.7 Å². The minimum absolute atomic E-state index is 0.0622. The van der Waals surface area contributed by atoms with Crippen LogP contribution in [0.3, 0.4) is 0 Å². The largest absolute Gasteiger partial charge is 0.490 e. The van der Waals surface area contributed by atoms with Crippen LogP contribution >= 0.6 is 11.6 Å². The lowest BCUT2D eigenvalue weighted by atomic mass is 9.86. The predicted octanol–water partition coefficient (Wildman–Crippen LogP) is 7.85. The number of amides is 4. The molecular formula is C46H38ClN7O5. The van der Waals surface area contributed by atoms with Crippen molar-refractivity contribution in [1.29, 1.82) is 5.26 Å². The number of ether oxygens (including phenoxy) is 1. The lowest BCUT2D eigenvalue weighted by Gasteiger charge is -2.29. The third-order valence-electron chi connectivity index (χ3n) is 11.8. The highest BCUT2D eigenvalue weighted by atomic mass is 35.5. The molecule has 1 saturated carbocycles. The van der Waals surface area contributed by atoms with Crippen molar-refractivity contribution in [2.75, 3.05) is 0 Å². The van der Waals surface area contributed by atoms with Crippen molar-refractivity contribution in [3.63, 3.8) is 0 Å². The van der Waals surface area contributed by atoms with Crippen LogP contribution in [-0.4, -0.2) is 59.8 Å². The van der Waals surface area contributed by atoms with Crippen LogP contribution in [0, 0.1) is 11.3 Å². The molecule has 3 aliphatic rings. The van der Waals surface area contributed by atoms with Crippen LogP contribution in [0.2, 0.25) is 5.02 Å². The molecule has 4 aromatic carbocycles. The van der Waals surface area contributed by atoms with Gasteiger partial charge < -0.3 is 13.9 Å². The number of benzene rings is 4. The quantitative estimate of drug-likeness (QED) is 0.153. The molecule has 1 saturated heterocycles. The number of aromatic nitrogens is 4. The van der Waals surface area contributed by atoms with Gasteiger partial charge in [-0.1, -0.05) is 66.2 Å². The summed E-state index contributed by atoms with van der Waals surface area (Å²) < 4.78 is 10.4. The number of fused-ring (bicyclic) bond motifs is 1. The number of hydrogen-bond acceptors (Lipinski definition) is 8. The summed E-state index contributed by atoms with van der Waals surface area (Å²) in [5.41, 5.74) is 7.66. The lowest BCUT2D eigenvalue weighted by Crippen LogP contribution is -2.54. The highest BCUT2D eigenvalue weighted by molar-refractivity contribution is 6.31. The van der Waals surface area contributed by atoms with Crippen LogP contribution in [0.5, 0.6) is 5.75 Å². The smallest absolute Gasteiger partial charge is 0.262 e. The highest BCUT2D eigenvalue weighted by Gasteiger charge is 2.44. The molecule has 13 heteroatoms. The zero-order chi connectivity index (χ0) is 40.9. The third kappa shape index (κ3) is 6.87. The van der Waals surface area contributed by atoms with Gasteiger partial charge in [0.2, 0.25) is 11.8 Å². The van der Waals surface area contributed by atoms with Crippen molar-refractivity contribution in [3.05, 3.63) is 125 Å². The van der Waals surface area contributed by atoms with E-state index in [1.54, 1.807) is 42.6 Å². The minimum atomic E-state index is -1.02. The molecule has 0 spiro atoms. The Morgan fingerprint density at radius 1 is 0.712 bits per heavy atom. The van der Waals surface area contributed by atoms with Crippen molar-refractivity contribution >= 4 is 35.2 Å². The predicted molar refractivity (Wildman–Crippen MR) is 220 cm³/mol. The molecule has 12 nitrogen and oxygen atoms in total. The van der Waals surface area contributed by atoms with Gasteiger partial charge in [0, 0.05) is 38.1 Å². The maximum absolute atomic E-state index is 13.4. The number of imide groups is 2. The monoisotopic (exact) mass is 803 g/mol. The second-order valence-corrected chi connectivity index (χ2v) is 15.7. The topological polar surface area (TPSA) is 152 Å². The maximum Gasteiger partial charge on any atom is 0.262 e. The van der Waals surface area contributed by atoms with E-state index < -0.39 is 29.7 Å². The number of hydrogen-bond donors (Lipinski definition) is 1. The number of imidazole rings is 2. The molecular weight excluding hydrogens is 766 g/mol. The molecule has 1 aliphatic carbocycles. The van der Waals surface area contributed by atoms with E-state index in [1.165, 1.54) is 0 Å². The molecule has 4 amide bonds. The summed E-state index contributed by atoms with van der Waals surface area (Å²) in [5, 5.41) is 11.8. The Morgan fingerprint density at radius 2 is 1.32 bits per heavy atom. The number of nitrogens with zero attached hydrogens (tertiary/aromatic N) is 6. The Labute approximate surface area is 345 Å². The van der Waals surface area contributed by atoms with E-state index in [1.807, 2.05) is 17.8 Å². The molecule has 1 unspecified atom stereocenters. The molecule has 1 N–H and O–H groups in total. The first kappa shape index (κ1) is 37.7. The second kappa shape index (κ2) is 15.2. The minimum Gasteiger partial charge on any atom is -0.490 e. The number of nitrogens with one attached hydrogen (secondary N) is 1. The third-order valence-corrected chi connectivity index (χ3v) is 12.1. The van der Waals surface area contributed by atoms with Crippen LogP contribution in [0.15, 0.2) is 97.3 Å². The Balaban J connectivity index is 0.850. The number of carbonyl (C=O) groups excluding carboxylic acids is 4. The summed E-state index contributed by atoms with van der Waals surface area (Å²) in [7, 11) is 3.98. The van der Waals surface area contributed by atoms with Crippen molar-refractivity contribution in [3.8, 4) is 56.8 Å². The molecule has 4 heterocycles. The van der Waals surface area contributed by atoms with E-state index in [0.717, 1.165) is 70.0 Å². The summed E-state index contributed by atoms with van der Waals surface area (Å²) >= 11 is 6.21. The fourth-order valence-electron chi connectivity index (χ4n) is 8.59. The molecule has 2 aromatic heterocycles. The summed E-state index contributed by atoms with van der Waals surface area (Å²) in [6.45, 7) is 0. The first-order valence-corrected chi connectivity index (χ1v) is 19.9. The van der Waals surface area contributed by atoms with Gasteiger partial charge in [-0.25, -0.2) is 9.97 Å². The summed E-state index contributed by atoms with van der Waals surface area (Å²) in [6.07, 6.45) is 7.76. The first-order chi connectivity index (χ1) is 28.6. The van der Waals surface area contributed by atoms with Gasteiger partial charge in [0.15, 0.2) is 0 Å². The van der Waals surface area contributed by atoms with Gasteiger partial charge >= 0.3 is 0 Å². The van der Waals surface area contributed by atoms with Crippen molar-refractivity contribution in [2.24, 2.45) is 14.1 Å². The van der Waals surface area contributed by atoms with Crippen LogP contribution in [0.4, 0.5) is 0 Å². The molecule has 2 fully saturated rings. The zero-order valence-corrected chi connectivity index (χ0v) is 33.1. The number of rotatable bonds is 8. The van der Waals surface area contributed by atoms with Crippen molar-refractivity contribution in [2.45, 2.75) is 56.6 Å². The van der Waals surface area contributed by atoms with Gasteiger partial charge in [-0.15, -0.1) is 0 Å². The molecule has 0 bridgehead atoms. The fourth-order valence-corrected chi connectivity index (χ4v) is 8.80. The van der Waals surface area contributed by atoms with Crippen LogP contribution < -0.4 is 10.1 Å². The Kier molecular flexibility index (Phi) is 9.69. The number of carbonyl (C=O) groups is 4. The first-order valence-electron chi connectivity index (χ1n) is 19.5. The second-order valence-electron chi connectivity index (χ2n) is 15.3. The Morgan fingerprint density at radius 3 is 1.97 bits per heavy atom. The van der Waals surface area contributed by atoms with Crippen LogP contribution in [0.1, 0.15) is 76.5 Å². The van der Waals surface area contributed by atoms with E-state index in [9.17, 15) is 19.2 Å². The standard InChI is InChI=1S/C46H38ClN7O5/c1-52-39(24-49-42(52)30-11-15-33(16-12-30)59-34-17-13-32(23-48)37(47)22-34)28-7-3-26(4-8-28)27-5-9-29(10-6-27)40-25-50-43(53(40)2)31-14-18-35-36(21-31)46(58)54(45(35)57)38-19-20-41(55)51-44(38)56/h3-10,13-14,17-18,21-22,24-25,30,33,38H,11-12,15-16,19-20H2,1-2H3,(H,51,55,56)/t30-,33-,38?. The molecule has 59 heavy (non-hydrogen) atoms. The molecule has 9 rings (SSSR count). The summed E-state index contributed by atoms with van der Waals surface area (Å²) in [6, 6.07) is 28.0. The zero-order valence-electron chi connectivity index (χ0n) is 32.3. The average molecular weight is 804 g/mol. The SMILES string of the molecule is Cn1c(-c2ccc(-c3ccc(-c4cnc([C@H]5CC[C@H](Oc6ccc(C#N)c(Cl)c6)CC5)n4C)cc3)cc2)cnc1-c1ccc2c(c1)C(=O)N(C1CCC(=O)NC1=O)C2=O. The maximum atomic E-state index is 13.4. The lowest BCUT2D eigenvalue weighted by molar-refractivity contribution is -0.136. The highest BCUT2D eigenvalue weighted by Crippen LogP contribution is 2.37. The van der Waals surface area contributed by atoms with Crippen molar-refractivity contribution in [1.82, 2.24) is 29.3 Å². The molecule has 6 aromatic rings.